The summed E-state index contributed by atoms with van der Waals surface area (Å²) >= 11 is 6.19. The van der Waals surface area contributed by atoms with Crippen molar-refractivity contribution in [1.82, 2.24) is 9.78 Å². The molecule has 1 aliphatic heterocycles. The van der Waals surface area contributed by atoms with E-state index in [4.69, 9.17) is 11.6 Å². The normalized spacial score (nSPS) is 13.9. The van der Waals surface area contributed by atoms with Crippen molar-refractivity contribution in [3.05, 3.63) is 63.4 Å². The molecule has 3 aromatic rings. The molecule has 1 fully saturated rings. The van der Waals surface area contributed by atoms with Crippen molar-refractivity contribution in [2.75, 3.05) is 23.3 Å². The quantitative estimate of drug-likeness (QED) is 0.731. The number of aryl methyl sites for hydroxylation is 1. The van der Waals surface area contributed by atoms with Crippen molar-refractivity contribution in [2.24, 2.45) is 0 Å². The number of carbonyl (C=O) groups is 1. The number of nitrogens with one attached hydrogen (secondary N) is 1. The van der Waals surface area contributed by atoms with Crippen LogP contribution in [0.4, 0.5) is 11.5 Å². The van der Waals surface area contributed by atoms with Gasteiger partial charge in [-0.25, -0.2) is 4.68 Å². The number of fused-ring (bicyclic) bond motifs is 1. The third-order valence-corrected chi connectivity index (χ3v) is 5.26. The Hall–Kier alpha value is -2.86. The first-order chi connectivity index (χ1) is 13.5. The second kappa shape index (κ2) is 7.64. The monoisotopic (exact) mass is 396 g/mol. The molecule has 1 aliphatic rings. The van der Waals surface area contributed by atoms with Gasteiger partial charge in [-0.1, -0.05) is 35.9 Å². The molecule has 2 aromatic carbocycles. The van der Waals surface area contributed by atoms with E-state index in [9.17, 15) is 9.59 Å². The molecule has 0 bridgehead atoms. The summed E-state index contributed by atoms with van der Waals surface area (Å²) in [4.78, 5) is 27.6. The largest absolute Gasteiger partial charge is 0.355 e. The molecule has 0 unspecified atom stereocenters. The number of hydrogen-bond donors (Lipinski definition) is 1. The van der Waals surface area contributed by atoms with Gasteiger partial charge in [0.1, 0.15) is 6.54 Å². The number of rotatable bonds is 4. The van der Waals surface area contributed by atoms with Crippen molar-refractivity contribution in [3.8, 4) is 0 Å². The Morgan fingerprint density at radius 2 is 1.86 bits per heavy atom. The number of anilines is 2. The van der Waals surface area contributed by atoms with E-state index in [2.05, 4.69) is 15.3 Å². The number of amides is 1. The maximum Gasteiger partial charge on any atom is 0.275 e. The van der Waals surface area contributed by atoms with Gasteiger partial charge in [-0.3, -0.25) is 9.59 Å². The fraction of sp³-hybridized carbons (Fsp3) is 0.286. The molecule has 0 radical (unpaired) electrons. The number of nitrogens with zero attached hydrogens (tertiary/aromatic N) is 3. The standard InChI is InChI=1S/C21H21ClN4O2/c1-14-8-9-18(17(22)12-14)23-19(27)13-26-21(28)16-7-3-2-6-15(16)20(24-26)25-10-4-5-11-25/h2-3,6-9,12H,4-5,10-11,13H2,1H3,(H,23,27). The van der Waals surface area contributed by atoms with Gasteiger partial charge in [-0.15, -0.1) is 0 Å². The van der Waals surface area contributed by atoms with Gasteiger partial charge in [-0.2, -0.15) is 5.10 Å². The highest BCUT2D eigenvalue weighted by molar-refractivity contribution is 6.33. The van der Waals surface area contributed by atoms with Crippen LogP contribution < -0.4 is 15.8 Å². The molecular weight excluding hydrogens is 376 g/mol. The number of aromatic nitrogens is 2. The fourth-order valence-corrected chi connectivity index (χ4v) is 3.82. The van der Waals surface area contributed by atoms with Crippen LogP contribution in [0.2, 0.25) is 5.02 Å². The topological polar surface area (TPSA) is 67.2 Å². The Balaban J connectivity index is 1.67. The van der Waals surface area contributed by atoms with Gasteiger partial charge >= 0.3 is 0 Å². The van der Waals surface area contributed by atoms with Gasteiger partial charge in [0.15, 0.2) is 5.82 Å². The summed E-state index contributed by atoms with van der Waals surface area (Å²) < 4.78 is 1.24. The average molecular weight is 397 g/mol. The number of halogens is 1. The van der Waals surface area contributed by atoms with Gasteiger partial charge in [-0.05, 0) is 43.5 Å². The van der Waals surface area contributed by atoms with Crippen molar-refractivity contribution < 1.29 is 4.79 Å². The smallest absolute Gasteiger partial charge is 0.275 e. The molecule has 0 spiro atoms. The van der Waals surface area contributed by atoms with E-state index >= 15 is 0 Å². The van der Waals surface area contributed by atoms with Gasteiger partial charge < -0.3 is 10.2 Å². The minimum Gasteiger partial charge on any atom is -0.355 e. The van der Waals surface area contributed by atoms with Gasteiger partial charge in [0.25, 0.3) is 5.56 Å². The van der Waals surface area contributed by atoms with Crippen LogP contribution in [0.5, 0.6) is 0 Å². The van der Waals surface area contributed by atoms with E-state index < -0.39 is 0 Å². The molecule has 1 saturated heterocycles. The lowest BCUT2D eigenvalue weighted by atomic mass is 10.2. The van der Waals surface area contributed by atoms with E-state index in [-0.39, 0.29) is 18.0 Å². The van der Waals surface area contributed by atoms with Gasteiger partial charge in [0.2, 0.25) is 5.91 Å². The van der Waals surface area contributed by atoms with Crippen molar-refractivity contribution in [2.45, 2.75) is 26.3 Å². The van der Waals surface area contributed by atoms with Crippen LogP contribution in [0, 0.1) is 6.92 Å². The zero-order valence-corrected chi connectivity index (χ0v) is 16.4. The molecule has 1 aromatic heterocycles. The van der Waals surface area contributed by atoms with Gasteiger partial charge in [0.05, 0.1) is 16.1 Å². The highest BCUT2D eigenvalue weighted by Gasteiger charge is 2.20. The Labute approximate surface area is 167 Å². The van der Waals surface area contributed by atoms with Crippen LogP contribution in [0.15, 0.2) is 47.3 Å². The Kier molecular flexibility index (Phi) is 5.05. The summed E-state index contributed by atoms with van der Waals surface area (Å²) in [5, 5.41) is 9.16. The third-order valence-electron chi connectivity index (χ3n) is 4.95. The second-order valence-electron chi connectivity index (χ2n) is 7.06. The molecule has 28 heavy (non-hydrogen) atoms. The Morgan fingerprint density at radius 1 is 1.14 bits per heavy atom. The first-order valence-electron chi connectivity index (χ1n) is 9.34. The van der Waals surface area contributed by atoms with Crippen LogP contribution in [-0.2, 0) is 11.3 Å². The molecule has 1 amide bonds. The number of benzene rings is 2. The maximum atomic E-state index is 12.9. The van der Waals surface area contributed by atoms with Crippen molar-refractivity contribution in [1.29, 1.82) is 0 Å². The lowest BCUT2D eigenvalue weighted by Crippen LogP contribution is -2.32. The average Bonchev–Trinajstić information content (AvgIpc) is 3.21. The summed E-state index contributed by atoms with van der Waals surface area (Å²) in [7, 11) is 0. The molecule has 4 rings (SSSR count). The Morgan fingerprint density at radius 3 is 2.57 bits per heavy atom. The van der Waals surface area contributed by atoms with Crippen LogP contribution in [0.1, 0.15) is 18.4 Å². The highest BCUT2D eigenvalue weighted by atomic mass is 35.5. The van der Waals surface area contributed by atoms with Crippen molar-refractivity contribution >= 4 is 39.8 Å². The van der Waals surface area contributed by atoms with Crippen LogP contribution in [-0.4, -0.2) is 28.8 Å². The molecule has 2 heterocycles. The molecule has 1 N–H and O–H groups in total. The molecule has 0 atom stereocenters. The lowest BCUT2D eigenvalue weighted by molar-refractivity contribution is -0.117. The highest BCUT2D eigenvalue weighted by Crippen LogP contribution is 2.25. The van der Waals surface area contributed by atoms with Crippen LogP contribution in [0.3, 0.4) is 0 Å². The zero-order chi connectivity index (χ0) is 19.7. The molecule has 6 nitrogen and oxygen atoms in total. The van der Waals surface area contributed by atoms with E-state index in [1.807, 2.05) is 31.2 Å². The molecule has 0 saturated carbocycles. The Bertz CT molecular complexity index is 1100. The summed E-state index contributed by atoms with van der Waals surface area (Å²) in [6.45, 7) is 3.56. The summed E-state index contributed by atoms with van der Waals surface area (Å²) in [5.41, 5.74) is 1.25. The predicted molar refractivity (Wildman–Crippen MR) is 112 cm³/mol. The fourth-order valence-electron chi connectivity index (χ4n) is 3.53. The SMILES string of the molecule is Cc1ccc(NC(=O)Cn2nc(N3CCCC3)c3ccccc3c2=O)c(Cl)c1. The number of carbonyl (C=O) groups excluding carboxylic acids is 1. The van der Waals surface area contributed by atoms with E-state index in [1.54, 1.807) is 18.2 Å². The summed E-state index contributed by atoms with van der Waals surface area (Å²) in [6, 6.07) is 12.8. The molecule has 7 heteroatoms. The molecule has 144 valence electrons. The van der Waals surface area contributed by atoms with E-state index in [0.29, 0.717) is 16.1 Å². The maximum absolute atomic E-state index is 12.9. The molecule has 0 aliphatic carbocycles. The first-order valence-corrected chi connectivity index (χ1v) is 9.71. The number of hydrogen-bond acceptors (Lipinski definition) is 4. The summed E-state index contributed by atoms with van der Waals surface area (Å²) in [5.74, 6) is 0.414. The van der Waals surface area contributed by atoms with E-state index in [1.165, 1.54) is 4.68 Å². The minimum absolute atomic E-state index is 0.172. The van der Waals surface area contributed by atoms with Gasteiger partial charge in [0, 0.05) is 18.5 Å². The summed E-state index contributed by atoms with van der Waals surface area (Å²) in [6.07, 6.45) is 2.20. The molecular formula is C21H21ClN4O2. The van der Waals surface area contributed by atoms with Crippen LogP contribution in [0.25, 0.3) is 10.8 Å². The zero-order valence-electron chi connectivity index (χ0n) is 15.6. The third kappa shape index (κ3) is 3.60. The lowest BCUT2D eigenvalue weighted by Gasteiger charge is -2.20. The van der Waals surface area contributed by atoms with Crippen LogP contribution >= 0.6 is 11.6 Å². The first kappa shape index (κ1) is 18.5. The van der Waals surface area contributed by atoms with Crippen molar-refractivity contribution in [3.63, 3.8) is 0 Å². The second-order valence-corrected chi connectivity index (χ2v) is 7.46. The van der Waals surface area contributed by atoms with E-state index in [0.717, 1.165) is 42.7 Å². The minimum atomic E-state index is -0.344. The predicted octanol–water partition coefficient (Wildman–Crippen LogP) is 3.60.